The molecule has 6 nitrogen and oxygen atoms in total. The number of nitrogens with one attached hydrogen (secondary N) is 1. The van der Waals surface area contributed by atoms with Gasteiger partial charge in [-0.1, -0.05) is 0 Å². The minimum atomic E-state index is -0.284. The van der Waals surface area contributed by atoms with Crippen LogP contribution in [-0.4, -0.2) is 30.7 Å². The zero-order chi connectivity index (χ0) is 12.0. The van der Waals surface area contributed by atoms with Crippen LogP contribution in [0.4, 0.5) is 0 Å². The summed E-state index contributed by atoms with van der Waals surface area (Å²) in [5.41, 5.74) is 5.08. The molecule has 0 aliphatic rings. The number of hydrogen-bond donors (Lipinski definition) is 2. The van der Waals surface area contributed by atoms with Crippen LogP contribution in [0.3, 0.4) is 0 Å². The van der Waals surface area contributed by atoms with E-state index in [1.54, 1.807) is 12.3 Å². The summed E-state index contributed by atoms with van der Waals surface area (Å²) < 4.78 is 6.53. The number of nitrogens with two attached hydrogens (primary N) is 1. The Kier molecular flexibility index (Phi) is 4.53. The van der Waals surface area contributed by atoms with Gasteiger partial charge >= 0.3 is 0 Å². The third-order valence-electron chi connectivity index (χ3n) is 1.99. The molecule has 0 aliphatic carbocycles. The van der Waals surface area contributed by atoms with E-state index in [0.717, 1.165) is 0 Å². The van der Waals surface area contributed by atoms with Crippen LogP contribution >= 0.6 is 0 Å². The molecule has 16 heavy (non-hydrogen) atoms. The van der Waals surface area contributed by atoms with E-state index in [4.69, 9.17) is 10.5 Å². The largest absolute Gasteiger partial charge is 0.478 e. The molecule has 1 aromatic heterocycles. The number of pyridine rings is 1. The second-order valence-electron chi connectivity index (χ2n) is 3.12. The number of hydrogen-bond acceptors (Lipinski definition) is 4. The fourth-order valence-electron chi connectivity index (χ4n) is 1.16. The van der Waals surface area contributed by atoms with Crippen molar-refractivity contribution in [2.24, 2.45) is 5.73 Å². The lowest BCUT2D eigenvalue weighted by Gasteiger charge is -2.07. The molecule has 0 spiro atoms. The Bertz CT molecular complexity index is 414. The van der Waals surface area contributed by atoms with Crippen molar-refractivity contribution >= 4 is 5.91 Å². The van der Waals surface area contributed by atoms with Crippen molar-refractivity contribution in [1.29, 1.82) is 0 Å². The van der Waals surface area contributed by atoms with Gasteiger partial charge in [0, 0.05) is 26.3 Å². The standard InChI is InChI=1S/C10H15N3O3/c1-12-9(14)7-16-8-3-2-5-13(6-4-11)10(8)15/h2-3,5H,4,6-7,11H2,1H3,(H,12,14). The zero-order valence-electron chi connectivity index (χ0n) is 9.10. The fraction of sp³-hybridized carbons (Fsp3) is 0.400. The Morgan fingerprint density at radius 1 is 1.62 bits per heavy atom. The highest BCUT2D eigenvalue weighted by Crippen LogP contribution is 2.01. The van der Waals surface area contributed by atoms with Crippen molar-refractivity contribution in [3.63, 3.8) is 0 Å². The molecule has 0 aromatic carbocycles. The van der Waals surface area contributed by atoms with Gasteiger partial charge in [-0.15, -0.1) is 0 Å². The molecule has 0 saturated heterocycles. The van der Waals surface area contributed by atoms with Gasteiger partial charge in [-0.2, -0.15) is 0 Å². The van der Waals surface area contributed by atoms with Crippen LogP contribution in [0.25, 0.3) is 0 Å². The molecule has 0 radical (unpaired) electrons. The number of carbonyl (C=O) groups is 1. The van der Waals surface area contributed by atoms with Gasteiger partial charge < -0.3 is 20.4 Å². The maximum Gasteiger partial charge on any atom is 0.292 e. The predicted molar refractivity (Wildman–Crippen MR) is 59.3 cm³/mol. The maximum absolute atomic E-state index is 11.7. The normalized spacial score (nSPS) is 9.88. The number of aromatic nitrogens is 1. The molecule has 0 aliphatic heterocycles. The molecule has 1 aromatic rings. The summed E-state index contributed by atoms with van der Waals surface area (Å²) in [6.45, 7) is 0.632. The molecule has 0 saturated carbocycles. The number of rotatable bonds is 5. The Morgan fingerprint density at radius 3 is 3.00 bits per heavy atom. The summed E-state index contributed by atoms with van der Waals surface area (Å²) in [5.74, 6) is -0.131. The molecule has 1 rings (SSSR count). The van der Waals surface area contributed by atoms with E-state index in [1.807, 2.05) is 0 Å². The predicted octanol–water partition coefficient (Wildman–Crippen LogP) is -1.07. The van der Waals surface area contributed by atoms with Gasteiger partial charge in [-0.25, -0.2) is 0 Å². The van der Waals surface area contributed by atoms with Crippen LogP contribution in [0.15, 0.2) is 23.1 Å². The van der Waals surface area contributed by atoms with Crippen molar-refractivity contribution < 1.29 is 9.53 Å². The molecule has 3 N–H and O–H groups in total. The monoisotopic (exact) mass is 225 g/mol. The average molecular weight is 225 g/mol. The van der Waals surface area contributed by atoms with Crippen LogP contribution in [0.1, 0.15) is 0 Å². The number of nitrogens with zero attached hydrogens (tertiary/aromatic N) is 1. The first-order valence-electron chi connectivity index (χ1n) is 4.92. The van der Waals surface area contributed by atoms with Gasteiger partial charge in [-0.05, 0) is 12.1 Å². The molecule has 0 fully saturated rings. The lowest BCUT2D eigenvalue weighted by atomic mass is 10.4. The molecule has 0 atom stereocenters. The van der Waals surface area contributed by atoms with Gasteiger partial charge in [0.25, 0.3) is 11.5 Å². The SMILES string of the molecule is CNC(=O)COc1cccn(CCN)c1=O. The van der Waals surface area contributed by atoms with E-state index >= 15 is 0 Å². The van der Waals surface area contributed by atoms with E-state index < -0.39 is 0 Å². The zero-order valence-corrected chi connectivity index (χ0v) is 9.10. The van der Waals surface area contributed by atoms with Crippen LogP contribution in [-0.2, 0) is 11.3 Å². The molecule has 0 bridgehead atoms. The first-order valence-corrected chi connectivity index (χ1v) is 4.92. The van der Waals surface area contributed by atoms with E-state index in [9.17, 15) is 9.59 Å². The lowest BCUT2D eigenvalue weighted by Crippen LogP contribution is -2.29. The smallest absolute Gasteiger partial charge is 0.292 e. The molecule has 1 heterocycles. The van der Waals surface area contributed by atoms with Crippen LogP contribution in [0, 0.1) is 0 Å². The maximum atomic E-state index is 11.7. The summed E-state index contributed by atoms with van der Waals surface area (Å²) in [7, 11) is 1.50. The summed E-state index contributed by atoms with van der Waals surface area (Å²) in [5, 5.41) is 2.40. The Hall–Kier alpha value is -1.82. The molecule has 6 heteroatoms. The third-order valence-corrected chi connectivity index (χ3v) is 1.99. The molecule has 0 unspecified atom stereocenters. The summed E-state index contributed by atoms with van der Waals surface area (Å²) in [6.07, 6.45) is 1.63. The first kappa shape index (κ1) is 12.3. The summed E-state index contributed by atoms with van der Waals surface area (Å²) in [6, 6.07) is 3.20. The van der Waals surface area contributed by atoms with Crippen LogP contribution < -0.4 is 21.3 Å². The molecule has 1 amide bonds. The van der Waals surface area contributed by atoms with E-state index in [1.165, 1.54) is 17.7 Å². The van der Waals surface area contributed by atoms with Gasteiger partial charge in [0.05, 0.1) is 0 Å². The van der Waals surface area contributed by atoms with Crippen LogP contribution in [0.5, 0.6) is 5.75 Å². The number of amides is 1. The van der Waals surface area contributed by atoms with Crippen molar-refractivity contribution in [2.75, 3.05) is 20.2 Å². The summed E-state index contributed by atoms with van der Waals surface area (Å²) >= 11 is 0. The molecular formula is C10H15N3O3. The Balaban J connectivity index is 2.77. The number of carbonyl (C=O) groups excluding carboxylic acids is 1. The Labute approximate surface area is 93.0 Å². The van der Waals surface area contributed by atoms with Gasteiger partial charge in [0.15, 0.2) is 12.4 Å². The minimum absolute atomic E-state index is 0.152. The fourth-order valence-corrected chi connectivity index (χ4v) is 1.16. The van der Waals surface area contributed by atoms with Gasteiger partial charge in [0.1, 0.15) is 0 Å². The van der Waals surface area contributed by atoms with Crippen molar-refractivity contribution in [2.45, 2.75) is 6.54 Å². The second kappa shape index (κ2) is 5.92. The van der Waals surface area contributed by atoms with Gasteiger partial charge in [-0.3, -0.25) is 9.59 Å². The highest BCUT2D eigenvalue weighted by molar-refractivity contribution is 5.77. The minimum Gasteiger partial charge on any atom is -0.478 e. The highest BCUT2D eigenvalue weighted by atomic mass is 16.5. The average Bonchev–Trinajstić information content (AvgIpc) is 2.30. The summed E-state index contributed by atoms with van der Waals surface area (Å²) in [4.78, 5) is 22.7. The van der Waals surface area contributed by atoms with Gasteiger partial charge in [0.2, 0.25) is 0 Å². The van der Waals surface area contributed by atoms with Crippen LogP contribution in [0.2, 0.25) is 0 Å². The highest BCUT2D eigenvalue weighted by Gasteiger charge is 2.05. The van der Waals surface area contributed by atoms with Crippen molar-refractivity contribution in [3.8, 4) is 5.75 Å². The number of ether oxygens (including phenoxy) is 1. The molecule has 88 valence electrons. The lowest BCUT2D eigenvalue weighted by molar-refractivity contribution is -0.122. The number of likely N-dealkylation sites (N-methyl/N-ethyl adjacent to an activating group) is 1. The van der Waals surface area contributed by atoms with E-state index in [2.05, 4.69) is 5.32 Å². The third kappa shape index (κ3) is 3.09. The topological polar surface area (TPSA) is 86.3 Å². The second-order valence-corrected chi connectivity index (χ2v) is 3.12. The van der Waals surface area contributed by atoms with E-state index in [-0.39, 0.29) is 23.8 Å². The Morgan fingerprint density at radius 2 is 2.38 bits per heavy atom. The quantitative estimate of drug-likeness (QED) is 0.668. The first-order chi connectivity index (χ1) is 7.69. The van der Waals surface area contributed by atoms with E-state index in [0.29, 0.717) is 13.1 Å². The molecular weight excluding hydrogens is 210 g/mol. The van der Waals surface area contributed by atoms with Crippen molar-refractivity contribution in [1.82, 2.24) is 9.88 Å². The van der Waals surface area contributed by atoms with Crippen molar-refractivity contribution in [3.05, 3.63) is 28.7 Å².